The summed E-state index contributed by atoms with van der Waals surface area (Å²) in [6.45, 7) is 4.11. The van der Waals surface area contributed by atoms with Gasteiger partial charge in [-0.3, -0.25) is 5.32 Å². The highest BCUT2D eigenvalue weighted by Gasteiger charge is 2.08. The number of rotatable bonds is 6. The van der Waals surface area contributed by atoms with Crippen molar-refractivity contribution in [2.75, 3.05) is 5.75 Å². The van der Waals surface area contributed by atoms with Crippen LogP contribution in [0.15, 0.2) is 15.9 Å². The van der Waals surface area contributed by atoms with E-state index in [2.05, 4.69) is 30.2 Å². The first-order valence-electron chi connectivity index (χ1n) is 4.90. The molecule has 0 fully saturated rings. The van der Waals surface area contributed by atoms with Crippen molar-refractivity contribution in [2.24, 2.45) is 0 Å². The quantitative estimate of drug-likeness (QED) is 0.777. The van der Waals surface area contributed by atoms with E-state index in [1.165, 1.54) is 0 Å². The number of hydrogen-bond acceptors (Lipinski definition) is 5. The Morgan fingerprint density at radius 3 is 3.00 bits per heavy atom. The van der Waals surface area contributed by atoms with Gasteiger partial charge in [-0.1, -0.05) is 11.8 Å². The van der Waals surface area contributed by atoms with Crippen molar-refractivity contribution >= 4 is 23.1 Å². The molecule has 1 unspecified atom stereocenters. The second-order valence-electron chi connectivity index (χ2n) is 3.44. The summed E-state index contributed by atoms with van der Waals surface area (Å²) in [5.74, 6) is 0.936. The zero-order chi connectivity index (χ0) is 11.1. The summed E-state index contributed by atoms with van der Waals surface area (Å²) in [4.78, 5) is 4.18. The standard InChI is InChI=1S/C10H15N3S2/c1-8(2)13-9(7-11)3-5-14-10-12-4-6-15-10/h4,6,8-9,13H,3,5H2,1-2H3. The summed E-state index contributed by atoms with van der Waals surface area (Å²) in [5.41, 5.74) is 0. The lowest BCUT2D eigenvalue weighted by Gasteiger charge is -2.13. The number of nitriles is 1. The molecule has 1 heterocycles. The number of hydrogen-bond donors (Lipinski definition) is 1. The maximum absolute atomic E-state index is 8.90. The smallest absolute Gasteiger partial charge is 0.149 e. The summed E-state index contributed by atoms with van der Waals surface area (Å²) < 4.78 is 1.08. The van der Waals surface area contributed by atoms with E-state index in [9.17, 15) is 0 Å². The number of nitrogens with zero attached hydrogens (tertiary/aromatic N) is 2. The molecular weight excluding hydrogens is 226 g/mol. The summed E-state index contributed by atoms with van der Waals surface area (Å²) in [5, 5.41) is 14.1. The highest BCUT2D eigenvalue weighted by atomic mass is 32.2. The van der Waals surface area contributed by atoms with Gasteiger partial charge in [0.1, 0.15) is 4.34 Å². The number of thioether (sulfide) groups is 1. The molecule has 1 N–H and O–H groups in total. The van der Waals surface area contributed by atoms with E-state index in [0.29, 0.717) is 6.04 Å². The van der Waals surface area contributed by atoms with Gasteiger partial charge in [0.05, 0.1) is 12.1 Å². The molecule has 0 aliphatic heterocycles. The molecule has 0 saturated carbocycles. The van der Waals surface area contributed by atoms with Crippen LogP contribution in [0.25, 0.3) is 0 Å². The minimum absolute atomic E-state index is 0.0440. The van der Waals surface area contributed by atoms with Gasteiger partial charge in [-0.2, -0.15) is 5.26 Å². The average Bonchev–Trinajstić information content (AvgIpc) is 2.68. The van der Waals surface area contributed by atoms with Gasteiger partial charge in [0.2, 0.25) is 0 Å². The van der Waals surface area contributed by atoms with Crippen molar-refractivity contribution in [1.29, 1.82) is 5.26 Å². The van der Waals surface area contributed by atoms with Crippen molar-refractivity contribution in [1.82, 2.24) is 10.3 Å². The average molecular weight is 241 g/mol. The van der Waals surface area contributed by atoms with Gasteiger partial charge in [0.25, 0.3) is 0 Å². The number of nitrogens with one attached hydrogen (secondary N) is 1. The van der Waals surface area contributed by atoms with Crippen LogP contribution in [0.5, 0.6) is 0 Å². The van der Waals surface area contributed by atoms with E-state index >= 15 is 0 Å². The lowest BCUT2D eigenvalue weighted by atomic mass is 10.2. The first-order chi connectivity index (χ1) is 7.22. The third-order valence-electron chi connectivity index (χ3n) is 1.73. The van der Waals surface area contributed by atoms with Crippen LogP contribution in [-0.4, -0.2) is 22.8 Å². The maximum Gasteiger partial charge on any atom is 0.149 e. The second-order valence-corrected chi connectivity index (χ2v) is 5.67. The third kappa shape index (κ3) is 5.17. The van der Waals surface area contributed by atoms with Crippen molar-refractivity contribution in [2.45, 2.75) is 36.7 Å². The number of aromatic nitrogens is 1. The molecule has 0 amide bonds. The Labute approximate surface area is 98.9 Å². The normalized spacial score (nSPS) is 12.7. The molecule has 82 valence electrons. The fraction of sp³-hybridized carbons (Fsp3) is 0.600. The Morgan fingerprint density at radius 1 is 1.67 bits per heavy atom. The van der Waals surface area contributed by atoms with Crippen molar-refractivity contribution in [3.63, 3.8) is 0 Å². The molecule has 0 bridgehead atoms. The van der Waals surface area contributed by atoms with E-state index in [4.69, 9.17) is 5.26 Å². The maximum atomic E-state index is 8.90. The molecule has 1 atom stereocenters. The van der Waals surface area contributed by atoms with Gasteiger partial charge in [0.15, 0.2) is 0 Å². The van der Waals surface area contributed by atoms with E-state index in [0.717, 1.165) is 16.5 Å². The Hall–Kier alpha value is -0.570. The molecule has 3 nitrogen and oxygen atoms in total. The molecule has 0 aliphatic rings. The lowest BCUT2D eigenvalue weighted by molar-refractivity contribution is 0.522. The minimum atomic E-state index is -0.0440. The summed E-state index contributed by atoms with van der Waals surface area (Å²) in [6.07, 6.45) is 2.67. The predicted octanol–water partition coefficient (Wildman–Crippen LogP) is 2.52. The monoisotopic (exact) mass is 241 g/mol. The molecule has 15 heavy (non-hydrogen) atoms. The molecule has 1 rings (SSSR count). The zero-order valence-electron chi connectivity index (χ0n) is 8.93. The van der Waals surface area contributed by atoms with Crippen LogP contribution in [0.2, 0.25) is 0 Å². The SMILES string of the molecule is CC(C)NC(C#N)CCSc1nccs1. The van der Waals surface area contributed by atoms with Crippen molar-refractivity contribution in [3.05, 3.63) is 11.6 Å². The molecule has 0 radical (unpaired) electrons. The summed E-state index contributed by atoms with van der Waals surface area (Å²) in [7, 11) is 0. The van der Waals surface area contributed by atoms with Crippen LogP contribution in [0.3, 0.4) is 0 Å². The molecule has 0 aliphatic carbocycles. The Bertz CT molecular complexity index is 303. The topological polar surface area (TPSA) is 48.7 Å². The number of thiazole rings is 1. The second kappa shape index (κ2) is 6.83. The van der Waals surface area contributed by atoms with Crippen LogP contribution in [0, 0.1) is 11.3 Å². The Balaban J connectivity index is 2.21. The summed E-state index contributed by atoms with van der Waals surface area (Å²) >= 11 is 3.36. The largest absolute Gasteiger partial charge is 0.300 e. The molecule has 0 spiro atoms. The van der Waals surface area contributed by atoms with Gasteiger partial charge in [-0.15, -0.1) is 11.3 Å². The minimum Gasteiger partial charge on any atom is -0.300 e. The highest BCUT2D eigenvalue weighted by Crippen LogP contribution is 2.21. The molecule has 5 heteroatoms. The molecule has 0 aromatic carbocycles. The molecule has 0 saturated heterocycles. The van der Waals surface area contributed by atoms with Crippen molar-refractivity contribution in [3.8, 4) is 6.07 Å². The van der Waals surface area contributed by atoms with Crippen molar-refractivity contribution < 1.29 is 0 Å². The van der Waals surface area contributed by atoms with E-state index in [1.807, 2.05) is 5.38 Å². The van der Waals surface area contributed by atoms with Gasteiger partial charge < -0.3 is 0 Å². The molecular formula is C10H15N3S2. The van der Waals surface area contributed by atoms with Crippen LogP contribution in [-0.2, 0) is 0 Å². The van der Waals surface area contributed by atoms with E-state index < -0.39 is 0 Å². The first kappa shape index (κ1) is 12.5. The van der Waals surface area contributed by atoms with Crippen LogP contribution < -0.4 is 5.32 Å². The van der Waals surface area contributed by atoms with Gasteiger partial charge >= 0.3 is 0 Å². The van der Waals surface area contributed by atoms with E-state index in [1.54, 1.807) is 29.3 Å². The van der Waals surface area contributed by atoms with Crippen LogP contribution in [0.4, 0.5) is 0 Å². The predicted molar refractivity (Wildman–Crippen MR) is 65.1 cm³/mol. The molecule has 1 aromatic heterocycles. The fourth-order valence-corrected chi connectivity index (χ4v) is 2.85. The Morgan fingerprint density at radius 2 is 2.47 bits per heavy atom. The lowest BCUT2D eigenvalue weighted by Crippen LogP contribution is -2.33. The first-order valence-corrected chi connectivity index (χ1v) is 6.77. The zero-order valence-corrected chi connectivity index (χ0v) is 10.6. The highest BCUT2D eigenvalue weighted by molar-refractivity contribution is 8.00. The van der Waals surface area contributed by atoms with Crippen LogP contribution in [0.1, 0.15) is 20.3 Å². The third-order valence-corrected chi connectivity index (χ3v) is 3.73. The Kier molecular flexibility index (Phi) is 5.69. The fourth-order valence-electron chi connectivity index (χ4n) is 1.13. The van der Waals surface area contributed by atoms with Gasteiger partial charge in [-0.25, -0.2) is 4.98 Å². The van der Waals surface area contributed by atoms with Gasteiger partial charge in [0, 0.05) is 23.4 Å². The summed E-state index contributed by atoms with van der Waals surface area (Å²) in [6, 6.07) is 2.59. The van der Waals surface area contributed by atoms with Gasteiger partial charge in [-0.05, 0) is 20.3 Å². The van der Waals surface area contributed by atoms with Crippen LogP contribution >= 0.6 is 23.1 Å². The van der Waals surface area contributed by atoms with E-state index in [-0.39, 0.29) is 6.04 Å². The molecule has 1 aromatic rings.